The van der Waals surface area contributed by atoms with Crippen LogP contribution in [-0.2, 0) is 4.74 Å². The fourth-order valence-corrected chi connectivity index (χ4v) is 1.69. The van der Waals surface area contributed by atoms with Crippen molar-refractivity contribution >= 4 is 0 Å². The van der Waals surface area contributed by atoms with E-state index in [0.717, 1.165) is 32.3 Å². The lowest BCUT2D eigenvalue weighted by atomic mass is 9.89. The number of hydrogen-bond acceptors (Lipinski definition) is 3. The first-order valence-corrected chi connectivity index (χ1v) is 4.86. The summed E-state index contributed by atoms with van der Waals surface area (Å²) in [7, 11) is 0. The van der Waals surface area contributed by atoms with E-state index in [0.29, 0.717) is 6.04 Å². The van der Waals surface area contributed by atoms with Crippen LogP contribution in [0.4, 0.5) is 0 Å². The maximum absolute atomic E-state index is 5.91. The molecule has 0 saturated heterocycles. The van der Waals surface area contributed by atoms with E-state index in [1.807, 2.05) is 0 Å². The second-order valence-corrected chi connectivity index (χ2v) is 3.65. The van der Waals surface area contributed by atoms with Crippen molar-refractivity contribution in [1.82, 2.24) is 0 Å². The molecule has 0 bridgehead atoms. The van der Waals surface area contributed by atoms with Crippen molar-refractivity contribution in [3.63, 3.8) is 0 Å². The number of nitrogens with two attached hydrogens (primary N) is 2. The maximum atomic E-state index is 5.91. The minimum Gasteiger partial charge on any atom is -0.377 e. The summed E-state index contributed by atoms with van der Waals surface area (Å²) in [5.74, 6) is 0. The minimum absolute atomic E-state index is 0.153. The van der Waals surface area contributed by atoms with Crippen LogP contribution >= 0.6 is 0 Å². The molecule has 1 aliphatic rings. The van der Waals surface area contributed by atoms with Gasteiger partial charge in [-0.2, -0.15) is 0 Å². The fraction of sp³-hybridized carbons (Fsp3) is 1.00. The Morgan fingerprint density at radius 3 is 2.67 bits per heavy atom. The van der Waals surface area contributed by atoms with Crippen LogP contribution in [0, 0.1) is 0 Å². The van der Waals surface area contributed by atoms with E-state index < -0.39 is 0 Å². The first-order chi connectivity index (χ1) is 5.74. The highest BCUT2D eigenvalue weighted by Crippen LogP contribution is 2.19. The van der Waals surface area contributed by atoms with Gasteiger partial charge in [0.15, 0.2) is 0 Å². The van der Waals surface area contributed by atoms with E-state index >= 15 is 0 Å². The Balaban J connectivity index is 2.25. The Bertz CT molecular complexity index is 128. The van der Waals surface area contributed by atoms with Crippen LogP contribution in [0.5, 0.6) is 0 Å². The van der Waals surface area contributed by atoms with E-state index in [1.54, 1.807) is 0 Å². The zero-order valence-electron chi connectivity index (χ0n) is 7.83. The third-order valence-electron chi connectivity index (χ3n) is 2.41. The van der Waals surface area contributed by atoms with Gasteiger partial charge in [0, 0.05) is 18.7 Å². The Kier molecular flexibility index (Phi) is 3.98. The predicted octanol–water partition coefficient (Wildman–Crippen LogP) is 0.620. The Morgan fingerprint density at radius 2 is 2.08 bits per heavy atom. The van der Waals surface area contributed by atoms with Crippen LogP contribution in [0.3, 0.4) is 0 Å². The molecule has 3 unspecified atom stereocenters. The number of ether oxygens (including phenoxy) is 1. The van der Waals surface area contributed by atoms with Gasteiger partial charge in [-0.05, 0) is 25.7 Å². The molecule has 0 amide bonds. The highest BCUT2D eigenvalue weighted by Gasteiger charge is 2.26. The standard InChI is InChI=1S/C9H20N2O/c1-2-5-12-9-4-3-7(10)6-8(9)11/h7-9H,2-6,10-11H2,1H3. The summed E-state index contributed by atoms with van der Waals surface area (Å²) in [6, 6.07) is 0.446. The summed E-state index contributed by atoms with van der Waals surface area (Å²) < 4.78 is 5.61. The van der Waals surface area contributed by atoms with Gasteiger partial charge >= 0.3 is 0 Å². The molecule has 0 aliphatic heterocycles. The van der Waals surface area contributed by atoms with Gasteiger partial charge in [-0.25, -0.2) is 0 Å². The van der Waals surface area contributed by atoms with Crippen LogP contribution in [0.2, 0.25) is 0 Å². The molecule has 0 spiro atoms. The van der Waals surface area contributed by atoms with Gasteiger partial charge in [0.05, 0.1) is 6.10 Å². The average Bonchev–Trinajstić information content (AvgIpc) is 2.03. The van der Waals surface area contributed by atoms with Crippen molar-refractivity contribution in [1.29, 1.82) is 0 Å². The Hall–Kier alpha value is -0.120. The second kappa shape index (κ2) is 4.80. The van der Waals surface area contributed by atoms with Gasteiger partial charge in [-0.15, -0.1) is 0 Å². The monoisotopic (exact) mass is 172 g/mol. The van der Waals surface area contributed by atoms with E-state index in [4.69, 9.17) is 16.2 Å². The third kappa shape index (κ3) is 2.73. The lowest BCUT2D eigenvalue weighted by molar-refractivity contribution is 0.0121. The molecule has 3 heteroatoms. The second-order valence-electron chi connectivity index (χ2n) is 3.65. The van der Waals surface area contributed by atoms with E-state index in [2.05, 4.69) is 6.92 Å². The highest BCUT2D eigenvalue weighted by atomic mass is 16.5. The molecule has 4 N–H and O–H groups in total. The molecule has 3 nitrogen and oxygen atoms in total. The summed E-state index contributed by atoms with van der Waals surface area (Å²) in [5.41, 5.74) is 11.7. The summed E-state index contributed by atoms with van der Waals surface area (Å²) in [4.78, 5) is 0. The average molecular weight is 172 g/mol. The van der Waals surface area contributed by atoms with Crippen LogP contribution in [0.15, 0.2) is 0 Å². The van der Waals surface area contributed by atoms with Crippen molar-refractivity contribution in [2.45, 2.75) is 50.8 Å². The molecule has 0 aromatic heterocycles. The zero-order chi connectivity index (χ0) is 8.97. The summed E-state index contributed by atoms with van der Waals surface area (Å²) in [6.07, 6.45) is 4.32. The smallest absolute Gasteiger partial charge is 0.0727 e. The summed E-state index contributed by atoms with van der Waals surface area (Å²) in [6.45, 7) is 2.94. The highest BCUT2D eigenvalue weighted by molar-refractivity contribution is 4.85. The van der Waals surface area contributed by atoms with Crippen LogP contribution < -0.4 is 11.5 Å². The molecule has 0 heterocycles. The molecule has 1 fully saturated rings. The maximum Gasteiger partial charge on any atom is 0.0727 e. The van der Waals surface area contributed by atoms with Gasteiger partial charge in [-0.3, -0.25) is 0 Å². The van der Waals surface area contributed by atoms with Crippen molar-refractivity contribution in [3.8, 4) is 0 Å². The zero-order valence-corrected chi connectivity index (χ0v) is 7.83. The molecular formula is C9H20N2O. The van der Waals surface area contributed by atoms with Crippen LogP contribution in [0.1, 0.15) is 32.6 Å². The third-order valence-corrected chi connectivity index (χ3v) is 2.41. The van der Waals surface area contributed by atoms with Gasteiger partial charge in [0.2, 0.25) is 0 Å². The predicted molar refractivity (Wildman–Crippen MR) is 49.8 cm³/mol. The largest absolute Gasteiger partial charge is 0.377 e. The molecular weight excluding hydrogens is 152 g/mol. The van der Waals surface area contributed by atoms with Crippen molar-refractivity contribution < 1.29 is 4.74 Å². The summed E-state index contributed by atoms with van der Waals surface area (Å²) >= 11 is 0. The molecule has 1 saturated carbocycles. The van der Waals surface area contributed by atoms with Gasteiger partial charge in [0.25, 0.3) is 0 Å². The van der Waals surface area contributed by atoms with E-state index in [-0.39, 0.29) is 12.1 Å². The molecule has 12 heavy (non-hydrogen) atoms. The SMILES string of the molecule is CCCOC1CCC(N)CC1N. The summed E-state index contributed by atoms with van der Waals surface area (Å²) in [5, 5.41) is 0. The molecule has 0 aromatic rings. The number of rotatable bonds is 3. The minimum atomic E-state index is 0.153. The van der Waals surface area contributed by atoms with Gasteiger partial charge in [-0.1, -0.05) is 6.92 Å². The Labute approximate surface area is 74.4 Å². The normalized spacial score (nSPS) is 36.8. The van der Waals surface area contributed by atoms with Crippen LogP contribution in [-0.4, -0.2) is 24.8 Å². The molecule has 0 aromatic carbocycles. The van der Waals surface area contributed by atoms with Crippen LogP contribution in [0.25, 0.3) is 0 Å². The molecule has 1 aliphatic carbocycles. The quantitative estimate of drug-likeness (QED) is 0.656. The van der Waals surface area contributed by atoms with Crippen molar-refractivity contribution in [3.05, 3.63) is 0 Å². The number of hydrogen-bond donors (Lipinski definition) is 2. The molecule has 3 atom stereocenters. The first-order valence-electron chi connectivity index (χ1n) is 4.86. The molecule has 0 radical (unpaired) electrons. The van der Waals surface area contributed by atoms with Crippen molar-refractivity contribution in [2.24, 2.45) is 11.5 Å². The van der Waals surface area contributed by atoms with E-state index in [9.17, 15) is 0 Å². The fourth-order valence-electron chi connectivity index (χ4n) is 1.69. The Morgan fingerprint density at radius 1 is 1.33 bits per heavy atom. The van der Waals surface area contributed by atoms with Gasteiger partial charge in [0.1, 0.15) is 0 Å². The lowest BCUT2D eigenvalue weighted by Crippen LogP contribution is -2.46. The molecule has 72 valence electrons. The lowest BCUT2D eigenvalue weighted by Gasteiger charge is -2.31. The molecule has 1 rings (SSSR count). The van der Waals surface area contributed by atoms with Gasteiger partial charge < -0.3 is 16.2 Å². The topological polar surface area (TPSA) is 61.3 Å². The van der Waals surface area contributed by atoms with Crippen molar-refractivity contribution in [2.75, 3.05) is 6.61 Å². The first kappa shape index (κ1) is 9.96. The van der Waals surface area contributed by atoms with E-state index in [1.165, 1.54) is 0 Å².